The van der Waals surface area contributed by atoms with E-state index in [0.717, 1.165) is 83.2 Å². The second-order valence-corrected chi connectivity index (χ2v) is 17.2. The first-order valence-corrected chi connectivity index (χ1v) is 21.4. The van der Waals surface area contributed by atoms with E-state index in [-0.39, 0.29) is 5.41 Å². The number of hydrogen-bond acceptors (Lipinski definition) is 3. The lowest BCUT2D eigenvalue weighted by atomic mass is 9.82. The summed E-state index contributed by atoms with van der Waals surface area (Å²) in [5.74, 6) is 0. The number of anilines is 3. The van der Waals surface area contributed by atoms with Gasteiger partial charge in [-0.3, -0.25) is 0 Å². The maximum absolute atomic E-state index is 7.05. The van der Waals surface area contributed by atoms with Crippen LogP contribution in [0.5, 0.6) is 0 Å². The smallest absolute Gasteiger partial charge is 0.145 e. The fraction of sp³-hybridized carbons (Fsp3) is 0.0508. The van der Waals surface area contributed by atoms with Crippen molar-refractivity contribution in [3.63, 3.8) is 0 Å². The minimum atomic E-state index is -0.161. The molecule has 12 aromatic rings. The molecule has 62 heavy (non-hydrogen) atoms. The standard InChI is InChI=1S/C59H39NO2/c1-59(2)49-21-10-7-19-45(49)56-50(59)22-13-23-51(56)60(39-29-26-36(27-30-39)37-28-33-55-48(34-37)43-18-8-11-24-53(43)61-55)52-32-31-44(58-57(52)46-20-9-12-25-54(46)62-58)47-35-38-14-3-4-15-40(38)41-16-5-6-17-42(41)47/h3-35H,1-2H3. The Hall–Kier alpha value is -7.88. The molecule has 1 aliphatic carbocycles. The van der Waals surface area contributed by atoms with Crippen LogP contribution in [0.3, 0.4) is 0 Å². The average Bonchev–Trinajstić information content (AvgIpc) is 3.97. The molecule has 0 atom stereocenters. The molecule has 0 saturated heterocycles. The van der Waals surface area contributed by atoms with Crippen molar-refractivity contribution in [2.75, 3.05) is 4.90 Å². The van der Waals surface area contributed by atoms with E-state index in [1.54, 1.807) is 0 Å². The van der Waals surface area contributed by atoms with E-state index >= 15 is 0 Å². The normalized spacial score (nSPS) is 13.1. The Morgan fingerprint density at radius 2 is 1.03 bits per heavy atom. The maximum Gasteiger partial charge on any atom is 0.145 e. The minimum absolute atomic E-state index is 0.161. The Morgan fingerprint density at radius 3 is 1.87 bits per heavy atom. The summed E-state index contributed by atoms with van der Waals surface area (Å²) in [6, 6.07) is 72.5. The summed E-state index contributed by atoms with van der Waals surface area (Å²) < 4.78 is 13.2. The third kappa shape index (κ3) is 5.00. The van der Waals surface area contributed by atoms with Gasteiger partial charge in [-0.2, -0.15) is 0 Å². The van der Waals surface area contributed by atoms with Gasteiger partial charge in [-0.1, -0.05) is 153 Å². The van der Waals surface area contributed by atoms with E-state index in [9.17, 15) is 0 Å². The van der Waals surface area contributed by atoms with Gasteiger partial charge in [0.2, 0.25) is 0 Å². The van der Waals surface area contributed by atoms with Crippen LogP contribution in [0.1, 0.15) is 25.0 Å². The number of furan rings is 2. The van der Waals surface area contributed by atoms with Gasteiger partial charge >= 0.3 is 0 Å². The molecule has 0 radical (unpaired) electrons. The number of rotatable bonds is 5. The van der Waals surface area contributed by atoms with Crippen molar-refractivity contribution in [3.8, 4) is 33.4 Å². The molecule has 0 fully saturated rings. The Labute approximate surface area is 358 Å². The van der Waals surface area contributed by atoms with Crippen LogP contribution < -0.4 is 4.90 Å². The van der Waals surface area contributed by atoms with Gasteiger partial charge < -0.3 is 13.7 Å². The van der Waals surface area contributed by atoms with Gasteiger partial charge in [0.15, 0.2) is 0 Å². The maximum atomic E-state index is 7.05. The van der Waals surface area contributed by atoms with Gasteiger partial charge in [0.1, 0.15) is 22.3 Å². The molecule has 0 unspecified atom stereocenters. The van der Waals surface area contributed by atoms with Crippen LogP contribution in [0.15, 0.2) is 209 Å². The van der Waals surface area contributed by atoms with Crippen molar-refractivity contribution < 1.29 is 8.83 Å². The molecule has 2 aromatic heterocycles. The largest absolute Gasteiger partial charge is 0.456 e. The monoisotopic (exact) mass is 793 g/mol. The summed E-state index contributed by atoms with van der Waals surface area (Å²) >= 11 is 0. The Kier molecular flexibility index (Phi) is 7.36. The molecule has 0 aliphatic heterocycles. The Morgan fingerprint density at radius 1 is 0.387 bits per heavy atom. The lowest BCUT2D eigenvalue weighted by Gasteiger charge is -2.30. The van der Waals surface area contributed by atoms with Crippen LogP contribution in [0.25, 0.3) is 98.8 Å². The van der Waals surface area contributed by atoms with Gasteiger partial charge in [-0.15, -0.1) is 0 Å². The molecule has 10 aromatic carbocycles. The molecule has 2 heterocycles. The number of para-hydroxylation sites is 2. The zero-order valence-corrected chi connectivity index (χ0v) is 34.3. The topological polar surface area (TPSA) is 29.5 Å². The summed E-state index contributed by atoms with van der Waals surface area (Å²) in [5, 5.41) is 9.31. The summed E-state index contributed by atoms with van der Waals surface area (Å²) in [7, 11) is 0. The van der Waals surface area contributed by atoms with Crippen molar-refractivity contribution in [3.05, 3.63) is 211 Å². The lowest BCUT2D eigenvalue weighted by molar-refractivity contribution is 0.660. The van der Waals surface area contributed by atoms with E-state index in [1.807, 2.05) is 12.1 Å². The second-order valence-electron chi connectivity index (χ2n) is 17.2. The Bertz CT molecular complexity index is 3790. The van der Waals surface area contributed by atoms with E-state index in [1.165, 1.54) is 43.8 Å². The molecule has 3 heteroatoms. The summed E-state index contributed by atoms with van der Waals surface area (Å²) in [5.41, 5.74) is 16.4. The van der Waals surface area contributed by atoms with E-state index in [0.29, 0.717) is 0 Å². The van der Waals surface area contributed by atoms with Crippen LogP contribution in [0.2, 0.25) is 0 Å². The molecule has 292 valence electrons. The third-order valence-corrected chi connectivity index (χ3v) is 13.5. The summed E-state index contributed by atoms with van der Waals surface area (Å²) in [6.45, 7) is 4.70. The zero-order chi connectivity index (χ0) is 41.1. The van der Waals surface area contributed by atoms with Crippen LogP contribution in [-0.4, -0.2) is 0 Å². The molecular weight excluding hydrogens is 755 g/mol. The zero-order valence-electron chi connectivity index (χ0n) is 34.3. The van der Waals surface area contributed by atoms with Crippen molar-refractivity contribution in [1.29, 1.82) is 0 Å². The highest BCUT2D eigenvalue weighted by atomic mass is 16.3. The van der Waals surface area contributed by atoms with Crippen molar-refractivity contribution in [2.45, 2.75) is 19.3 Å². The minimum Gasteiger partial charge on any atom is -0.456 e. The first-order valence-electron chi connectivity index (χ1n) is 21.4. The molecule has 0 amide bonds. The van der Waals surface area contributed by atoms with Crippen LogP contribution in [-0.2, 0) is 5.41 Å². The fourth-order valence-electron chi connectivity index (χ4n) is 10.5. The van der Waals surface area contributed by atoms with Gasteiger partial charge in [-0.05, 0) is 116 Å². The second kappa shape index (κ2) is 13.1. The SMILES string of the molecule is CC1(C)c2ccccc2-c2c(N(c3ccc(-c4ccc5oc6ccccc6c5c4)cc3)c3ccc(-c4cc5ccccc5c5ccccc45)c4oc5ccccc5c34)cccc21. The highest BCUT2D eigenvalue weighted by Crippen LogP contribution is 2.56. The van der Waals surface area contributed by atoms with Gasteiger partial charge in [-0.25, -0.2) is 0 Å². The number of fused-ring (bicyclic) bond motifs is 12. The first kappa shape index (κ1) is 34.9. The van der Waals surface area contributed by atoms with Gasteiger partial charge in [0, 0.05) is 38.4 Å². The number of hydrogen-bond donors (Lipinski definition) is 0. The molecule has 1 aliphatic rings. The molecule has 0 N–H and O–H groups in total. The van der Waals surface area contributed by atoms with Crippen molar-refractivity contribution in [2.24, 2.45) is 0 Å². The molecule has 3 nitrogen and oxygen atoms in total. The van der Waals surface area contributed by atoms with E-state index in [4.69, 9.17) is 8.83 Å². The van der Waals surface area contributed by atoms with Crippen LogP contribution in [0, 0.1) is 0 Å². The third-order valence-electron chi connectivity index (χ3n) is 13.5. The average molecular weight is 794 g/mol. The van der Waals surface area contributed by atoms with Crippen molar-refractivity contribution in [1.82, 2.24) is 0 Å². The van der Waals surface area contributed by atoms with Crippen molar-refractivity contribution >= 4 is 82.5 Å². The summed E-state index contributed by atoms with van der Waals surface area (Å²) in [4.78, 5) is 2.47. The molecule has 0 bridgehead atoms. The van der Waals surface area contributed by atoms with Crippen LogP contribution in [0.4, 0.5) is 17.1 Å². The molecule has 0 spiro atoms. The predicted octanol–water partition coefficient (Wildman–Crippen LogP) is 16.9. The number of nitrogens with zero attached hydrogens (tertiary/aromatic N) is 1. The van der Waals surface area contributed by atoms with E-state index in [2.05, 4.69) is 207 Å². The quantitative estimate of drug-likeness (QED) is 0.163. The van der Waals surface area contributed by atoms with Gasteiger partial charge in [0.05, 0.1) is 16.8 Å². The first-order chi connectivity index (χ1) is 30.5. The molecular formula is C59H39NO2. The van der Waals surface area contributed by atoms with Gasteiger partial charge in [0.25, 0.3) is 0 Å². The highest BCUT2D eigenvalue weighted by Gasteiger charge is 2.38. The Balaban J connectivity index is 1.07. The molecule has 13 rings (SSSR count). The summed E-state index contributed by atoms with van der Waals surface area (Å²) in [6.07, 6.45) is 0. The molecule has 0 saturated carbocycles. The number of benzene rings is 10. The fourth-order valence-corrected chi connectivity index (χ4v) is 10.5. The van der Waals surface area contributed by atoms with E-state index < -0.39 is 0 Å². The lowest BCUT2D eigenvalue weighted by Crippen LogP contribution is -2.16. The highest BCUT2D eigenvalue weighted by molar-refractivity contribution is 6.21. The van der Waals surface area contributed by atoms with Crippen LogP contribution >= 0.6 is 0 Å². The predicted molar refractivity (Wildman–Crippen MR) is 259 cm³/mol.